The second-order valence-corrected chi connectivity index (χ2v) is 8.13. The van der Waals surface area contributed by atoms with Gasteiger partial charge in [0, 0.05) is 31.6 Å². The third-order valence-electron chi connectivity index (χ3n) is 4.68. The summed E-state index contributed by atoms with van der Waals surface area (Å²) in [6.45, 7) is 10.3. The summed E-state index contributed by atoms with van der Waals surface area (Å²) in [6, 6.07) is 6.70. The molecule has 1 aliphatic heterocycles. The number of likely N-dealkylation sites (tertiary alicyclic amines) is 1. The van der Waals surface area contributed by atoms with E-state index in [9.17, 15) is 9.18 Å². The molecule has 2 N–H and O–H groups in total. The van der Waals surface area contributed by atoms with E-state index in [0.717, 1.165) is 12.0 Å². The molecular formula is C20H30FN3OS. The zero-order chi connectivity index (χ0) is 19.3. The summed E-state index contributed by atoms with van der Waals surface area (Å²) in [5.74, 6) is 0.139. The Kier molecular flexibility index (Phi) is 7.38. The van der Waals surface area contributed by atoms with E-state index >= 15 is 0 Å². The fraction of sp³-hybridized carbons (Fsp3) is 0.600. The van der Waals surface area contributed by atoms with E-state index in [4.69, 9.17) is 12.2 Å². The molecule has 1 heterocycles. The number of hydrogen-bond acceptors (Lipinski definition) is 2. The molecule has 0 saturated carbocycles. The van der Waals surface area contributed by atoms with Gasteiger partial charge in [-0.2, -0.15) is 0 Å². The molecule has 1 aromatic rings. The van der Waals surface area contributed by atoms with Crippen LogP contribution in [0.4, 0.5) is 4.39 Å². The summed E-state index contributed by atoms with van der Waals surface area (Å²) in [6.07, 6.45) is 0.955. The van der Waals surface area contributed by atoms with E-state index in [1.807, 2.05) is 13.8 Å². The molecule has 1 fully saturated rings. The number of nitrogens with zero attached hydrogens (tertiary/aromatic N) is 1. The number of thiocarbonyl (C=S) groups is 1. The van der Waals surface area contributed by atoms with Gasteiger partial charge in [0.25, 0.3) is 0 Å². The lowest BCUT2D eigenvalue weighted by molar-refractivity contribution is -0.124. The average molecular weight is 380 g/mol. The Hall–Kier alpha value is -1.69. The Balaban J connectivity index is 2.13. The lowest BCUT2D eigenvalue weighted by atomic mass is 9.88. The van der Waals surface area contributed by atoms with Gasteiger partial charge in [-0.05, 0) is 56.1 Å². The Morgan fingerprint density at radius 3 is 2.46 bits per heavy atom. The number of nitrogens with one attached hydrogen (secondary N) is 2. The Morgan fingerprint density at radius 1 is 1.23 bits per heavy atom. The molecule has 4 nitrogen and oxygen atoms in total. The number of halogens is 1. The summed E-state index contributed by atoms with van der Waals surface area (Å²) < 4.78 is 13.3. The minimum absolute atomic E-state index is 0.00145. The first kappa shape index (κ1) is 20.6. The number of hydrogen-bond donors (Lipinski definition) is 2. The van der Waals surface area contributed by atoms with Crippen LogP contribution in [0.15, 0.2) is 24.3 Å². The number of carbonyl (C=O) groups excluding carboxylic acids is 1. The van der Waals surface area contributed by atoms with E-state index < -0.39 is 0 Å². The Bertz CT molecular complexity index is 618. The van der Waals surface area contributed by atoms with Gasteiger partial charge < -0.3 is 15.5 Å². The molecule has 0 aliphatic carbocycles. The normalized spacial score (nSPS) is 19.9. The number of rotatable bonds is 6. The Labute approximate surface area is 161 Å². The lowest BCUT2D eigenvalue weighted by Gasteiger charge is -2.22. The van der Waals surface area contributed by atoms with Crippen LogP contribution in [0.3, 0.4) is 0 Å². The first-order valence-electron chi connectivity index (χ1n) is 9.36. The van der Waals surface area contributed by atoms with Gasteiger partial charge in [-0.3, -0.25) is 4.79 Å². The zero-order valence-corrected chi connectivity index (χ0v) is 16.9. The molecule has 1 aliphatic rings. The molecule has 0 aromatic heterocycles. The van der Waals surface area contributed by atoms with E-state index in [1.165, 1.54) is 12.1 Å². The topological polar surface area (TPSA) is 44.4 Å². The minimum Gasteiger partial charge on any atom is -0.360 e. The van der Waals surface area contributed by atoms with Crippen molar-refractivity contribution in [3.05, 3.63) is 35.6 Å². The van der Waals surface area contributed by atoms with Crippen molar-refractivity contribution in [3.63, 3.8) is 0 Å². The highest BCUT2D eigenvalue weighted by Crippen LogP contribution is 2.33. The third-order valence-corrected chi connectivity index (χ3v) is 5.05. The molecule has 2 rings (SSSR count). The average Bonchev–Trinajstić information content (AvgIpc) is 3.00. The lowest BCUT2D eigenvalue weighted by Crippen LogP contribution is -2.42. The van der Waals surface area contributed by atoms with Crippen molar-refractivity contribution in [2.24, 2.45) is 11.8 Å². The van der Waals surface area contributed by atoms with Gasteiger partial charge >= 0.3 is 0 Å². The van der Waals surface area contributed by atoms with Gasteiger partial charge in [-0.1, -0.05) is 26.0 Å². The highest BCUT2D eigenvalue weighted by atomic mass is 32.1. The molecule has 1 aromatic carbocycles. The quantitative estimate of drug-likeness (QED) is 0.745. The highest BCUT2D eigenvalue weighted by molar-refractivity contribution is 7.80. The molecule has 26 heavy (non-hydrogen) atoms. The second kappa shape index (κ2) is 9.31. The zero-order valence-electron chi connectivity index (χ0n) is 16.1. The predicted octanol–water partition coefficient (Wildman–Crippen LogP) is 3.29. The molecule has 144 valence electrons. The summed E-state index contributed by atoms with van der Waals surface area (Å²) in [4.78, 5) is 14.8. The van der Waals surface area contributed by atoms with Crippen LogP contribution in [0.2, 0.25) is 0 Å². The molecule has 2 atom stereocenters. The van der Waals surface area contributed by atoms with Crippen LogP contribution >= 0.6 is 12.2 Å². The molecule has 0 spiro atoms. The van der Waals surface area contributed by atoms with Crippen LogP contribution in [0.1, 0.15) is 45.6 Å². The van der Waals surface area contributed by atoms with Crippen molar-refractivity contribution in [2.45, 2.75) is 46.1 Å². The van der Waals surface area contributed by atoms with E-state index in [-0.39, 0.29) is 29.6 Å². The van der Waals surface area contributed by atoms with Crippen molar-refractivity contribution in [3.8, 4) is 0 Å². The molecular weight excluding hydrogens is 349 g/mol. The highest BCUT2D eigenvalue weighted by Gasteiger charge is 2.39. The van der Waals surface area contributed by atoms with E-state index in [1.54, 1.807) is 12.1 Å². The largest absolute Gasteiger partial charge is 0.360 e. The van der Waals surface area contributed by atoms with E-state index in [0.29, 0.717) is 30.7 Å². The fourth-order valence-corrected chi connectivity index (χ4v) is 3.62. The summed E-state index contributed by atoms with van der Waals surface area (Å²) in [5, 5.41) is 6.98. The molecule has 0 radical (unpaired) electrons. The van der Waals surface area contributed by atoms with Crippen molar-refractivity contribution in [2.75, 3.05) is 19.6 Å². The van der Waals surface area contributed by atoms with Crippen LogP contribution in [0.5, 0.6) is 0 Å². The van der Waals surface area contributed by atoms with Crippen molar-refractivity contribution in [1.82, 2.24) is 15.5 Å². The second-order valence-electron chi connectivity index (χ2n) is 7.75. The van der Waals surface area contributed by atoms with Crippen LogP contribution in [-0.4, -0.2) is 41.6 Å². The maximum atomic E-state index is 13.3. The maximum absolute atomic E-state index is 13.3. The van der Waals surface area contributed by atoms with Crippen LogP contribution in [-0.2, 0) is 4.79 Å². The molecule has 6 heteroatoms. The summed E-state index contributed by atoms with van der Waals surface area (Å²) in [5.41, 5.74) is 0.977. The molecule has 2 unspecified atom stereocenters. The molecule has 0 bridgehead atoms. The van der Waals surface area contributed by atoms with Crippen LogP contribution < -0.4 is 10.6 Å². The first-order chi connectivity index (χ1) is 12.3. The third kappa shape index (κ3) is 5.66. The number of amides is 1. The van der Waals surface area contributed by atoms with Gasteiger partial charge in [-0.15, -0.1) is 0 Å². The monoisotopic (exact) mass is 379 g/mol. The minimum atomic E-state index is -0.265. The predicted molar refractivity (Wildman–Crippen MR) is 108 cm³/mol. The molecule has 1 saturated heterocycles. The van der Waals surface area contributed by atoms with Gasteiger partial charge in [0.2, 0.25) is 5.91 Å². The molecule has 1 amide bonds. The van der Waals surface area contributed by atoms with Crippen LogP contribution in [0, 0.1) is 17.7 Å². The maximum Gasteiger partial charge on any atom is 0.225 e. The van der Waals surface area contributed by atoms with E-state index in [2.05, 4.69) is 29.4 Å². The van der Waals surface area contributed by atoms with Crippen molar-refractivity contribution in [1.29, 1.82) is 0 Å². The van der Waals surface area contributed by atoms with Gasteiger partial charge in [0.05, 0.1) is 5.92 Å². The van der Waals surface area contributed by atoms with Gasteiger partial charge in [-0.25, -0.2) is 4.39 Å². The van der Waals surface area contributed by atoms with Crippen LogP contribution in [0.25, 0.3) is 0 Å². The summed E-state index contributed by atoms with van der Waals surface area (Å²) in [7, 11) is 0. The van der Waals surface area contributed by atoms with Gasteiger partial charge in [0.1, 0.15) is 5.82 Å². The SMILES string of the molecule is CC(C)CCNC(=O)C1CN(C(=S)NC(C)C)CC1c1ccc(F)cc1. The summed E-state index contributed by atoms with van der Waals surface area (Å²) >= 11 is 5.50. The van der Waals surface area contributed by atoms with Crippen molar-refractivity contribution >= 4 is 23.2 Å². The first-order valence-corrected chi connectivity index (χ1v) is 9.77. The Morgan fingerprint density at radius 2 is 1.88 bits per heavy atom. The number of carbonyl (C=O) groups is 1. The fourth-order valence-electron chi connectivity index (χ4n) is 3.24. The van der Waals surface area contributed by atoms with Crippen molar-refractivity contribution < 1.29 is 9.18 Å². The number of benzene rings is 1. The smallest absolute Gasteiger partial charge is 0.225 e. The standard InChI is InChI=1S/C20H30FN3OS/c1-13(2)9-10-22-19(25)18-12-24(20(26)23-14(3)4)11-17(18)15-5-7-16(21)8-6-15/h5-8,13-14,17-18H,9-12H2,1-4H3,(H,22,25)(H,23,26). The van der Waals surface area contributed by atoms with Gasteiger partial charge in [0.15, 0.2) is 5.11 Å².